The summed E-state index contributed by atoms with van der Waals surface area (Å²) in [7, 11) is 0. The zero-order chi connectivity index (χ0) is 17.0. The number of primary amides is 1. The number of benzene rings is 2. The summed E-state index contributed by atoms with van der Waals surface area (Å²) in [5.41, 5.74) is 5.96. The summed E-state index contributed by atoms with van der Waals surface area (Å²) in [5.74, 6) is 0.448. The maximum Gasteiger partial charge on any atom is 0.261 e. The van der Waals surface area contributed by atoms with E-state index >= 15 is 0 Å². The third-order valence-electron chi connectivity index (χ3n) is 4.98. The molecule has 1 amide bonds. The molecule has 3 rings (SSSR count). The van der Waals surface area contributed by atoms with Gasteiger partial charge in [0.2, 0.25) is 0 Å². The van der Waals surface area contributed by atoms with Crippen LogP contribution in [0.4, 0.5) is 0 Å². The second kappa shape index (κ2) is 7.05. The number of nitrogens with two attached hydrogens (primary N) is 1. The maximum atomic E-state index is 12.4. The maximum absolute atomic E-state index is 12.4. The number of hydrogen-bond acceptors (Lipinski definition) is 3. The van der Waals surface area contributed by atoms with E-state index in [0.717, 1.165) is 19.5 Å². The zero-order valence-electron chi connectivity index (χ0n) is 13.9. The Morgan fingerprint density at radius 2 is 1.75 bits per heavy atom. The quantitative estimate of drug-likeness (QED) is 0.889. The Balaban J connectivity index is 1.94. The van der Waals surface area contributed by atoms with Crippen molar-refractivity contribution in [2.45, 2.75) is 24.9 Å². The number of rotatable bonds is 5. The van der Waals surface area contributed by atoms with Gasteiger partial charge in [0, 0.05) is 18.4 Å². The number of amides is 1. The minimum absolute atomic E-state index is 0.0128. The third-order valence-corrected chi connectivity index (χ3v) is 4.98. The average molecular weight is 324 g/mol. The van der Waals surface area contributed by atoms with E-state index in [2.05, 4.69) is 17.4 Å². The molecule has 0 spiro atoms. The number of nitrogens with one attached hydrogen (secondary N) is 1. The van der Waals surface area contributed by atoms with Gasteiger partial charge in [-0.25, -0.2) is 0 Å². The molecule has 3 atom stereocenters. The fourth-order valence-electron chi connectivity index (χ4n) is 3.61. The molecule has 4 heteroatoms. The van der Waals surface area contributed by atoms with E-state index in [1.165, 1.54) is 5.56 Å². The number of piperidine rings is 1. The normalized spacial score (nSPS) is 23.2. The second-order valence-corrected chi connectivity index (χ2v) is 6.50. The molecule has 2 aromatic rings. The lowest BCUT2D eigenvalue weighted by molar-refractivity contribution is -0.138. The van der Waals surface area contributed by atoms with Gasteiger partial charge >= 0.3 is 0 Å². The SMILES string of the molecule is CC(Oc1ccccc1)(C(N)=O)C1CCNCC1c1ccccc1. The van der Waals surface area contributed by atoms with E-state index in [9.17, 15) is 4.79 Å². The standard InChI is InChI=1S/C20H24N2O2/c1-20(19(21)23,24-16-10-6-3-7-11-16)18-12-13-22-14-17(18)15-8-4-2-5-9-15/h2-11,17-18,22H,12-14H2,1H3,(H2,21,23). The molecule has 1 aliphatic rings. The minimum Gasteiger partial charge on any atom is -0.477 e. The van der Waals surface area contributed by atoms with Gasteiger partial charge in [0.1, 0.15) is 5.75 Å². The fraction of sp³-hybridized carbons (Fsp3) is 0.350. The number of carbonyl (C=O) groups excluding carboxylic acids is 1. The Morgan fingerprint density at radius 1 is 1.12 bits per heavy atom. The molecule has 0 bridgehead atoms. The van der Waals surface area contributed by atoms with Crippen LogP contribution >= 0.6 is 0 Å². The van der Waals surface area contributed by atoms with Crippen LogP contribution in [0.2, 0.25) is 0 Å². The molecule has 1 aliphatic heterocycles. The van der Waals surface area contributed by atoms with Crippen LogP contribution in [0.5, 0.6) is 5.75 Å². The molecule has 126 valence electrons. The summed E-state index contributed by atoms with van der Waals surface area (Å²) in [6.45, 7) is 3.50. The summed E-state index contributed by atoms with van der Waals surface area (Å²) < 4.78 is 6.15. The highest BCUT2D eigenvalue weighted by Gasteiger charge is 2.47. The highest BCUT2D eigenvalue weighted by Crippen LogP contribution is 2.39. The molecule has 3 N–H and O–H groups in total. The van der Waals surface area contributed by atoms with Gasteiger partial charge in [-0.05, 0) is 37.6 Å². The van der Waals surface area contributed by atoms with Crippen molar-refractivity contribution >= 4 is 5.91 Å². The summed E-state index contributed by atoms with van der Waals surface area (Å²) >= 11 is 0. The minimum atomic E-state index is -1.05. The number of carbonyl (C=O) groups is 1. The van der Waals surface area contributed by atoms with Crippen LogP contribution in [0.3, 0.4) is 0 Å². The molecular formula is C20H24N2O2. The van der Waals surface area contributed by atoms with Crippen LogP contribution < -0.4 is 15.8 Å². The van der Waals surface area contributed by atoms with Gasteiger partial charge in [0.15, 0.2) is 5.60 Å². The molecule has 4 nitrogen and oxygen atoms in total. The first kappa shape index (κ1) is 16.5. The molecule has 0 aliphatic carbocycles. The van der Waals surface area contributed by atoms with Gasteiger partial charge in [-0.2, -0.15) is 0 Å². The van der Waals surface area contributed by atoms with Crippen molar-refractivity contribution < 1.29 is 9.53 Å². The molecule has 0 saturated carbocycles. The molecule has 2 aromatic carbocycles. The van der Waals surface area contributed by atoms with E-state index in [0.29, 0.717) is 5.75 Å². The van der Waals surface area contributed by atoms with Crippen LogP contribution in [0.1, 0.15) is 24.8 Å². The molecule has 1 heterocycles. The van der Waals surface area contributed by atoms with Crippen LogP contribution in [0, 0.1) is 5.92 Å². The Morgan fingerprint density at radius 3 is 2.38 bits per heavy atom. The van der Waals surface area contributed by atoms with Crippen molar-refractivity contribution in [2.75, 3.05) is 13.1 Å². The predicted molar refractivity (Wildman–Crippen MR) is 94.8 cm³/mol. The van der Waals surface area contributed by atoms with Crippen molar-refractivity contribution in [3.05, 3.63) is 66.2 Å². The smallest absolute Gasteiger partial charge is 0.261 e. The first-order valence-corrected chi connectivity index (χ1v) is 8.41. The third kappa shape index (κ3) is 3.29. The Kier molecular flexibility index (Phi) is 4.86. The van der Waals surface area contributed by atoms with Crippen molar-refractivity contribution in [1.82, 2.24) is 5.32 Å². The topological polar surface area (TPSA) is 64.3 Å². The second-order valence-electron chi connectivity index (χ2n) is 6.50. The van der Waals surface area contributed by atoms with Crippen LogP contribution in [0.25, 0.3) is 0 Å². The van der Waals surface area contributed by atoms with Crippen molar-refractivity contribution in [3.63, 3.8) is 0 Å². The van der Waals surface area contributed by atoms with Gasteiger partial charge in [-0.1, -0.05) is 48.5 Å². The Bertz CT molecular complexity index is 675. The average Bonchev–Trinajstić information content (AvgIpc) is 2.63. The fourth-order valence-corrected chi connectivity index (χ4v) is 3.61. The number of hydrogen-bond donors (Lipinski definition) is 2. The lowest BCUT2D eigenvalue weighted by atomic mass is 9.71. The molecule has 0 radical (unpaired) electrons. The molecule has 24 heavy (non-hydrogen) atoms. The summed E-state index contributed by atoms with van der Waals surface area (Å²) in [4.78, 5) is 12.4. The van der Waals surface area contributed by atoms with Crippen LogP contribution in [0.15, 0.2) is 60.7 Å². The van der Waals surface area contributed by atoms with Gasteiger partial charge in [0.25, 0.3) is 5.91 Å². The molecular weight excluding hydrogens is 300 g/mol. The van der Waals surface area contributed by atoms with Gasteiger partial charge in [-0.3, -0.25) is 4.79 Å². The van der Waals surface area contributed by atoms with E-state index < -0.39 is 11.5 Å². The molecule has 1 fully saturated rings. The molecule has 3 unspecified atom stereocenters. The van der Waals surface area contributed by atoms with E-state index in [1.807, 2.05) is 55.5 Å². The van der Waals surface area contributed by atoms with Crippen molar-refractivity contribution in [1.29, 1.82) is 0 Å². The Labute approximate surface area is 143 Å². The van der Waals surface area contributed by atoms with Crippen molar-refractivity contribution in [3.8, 4) is 5.75 Å². The Hall–Kier alpha value is -2.33. The van der Waals surface area contributed by atoms with Gasteiger partial charge < -0.3 is 15.8 Å². The number of para-hydroxylation sites is 1. The largest absolute Gasteiger partial charge is 0.477 e. The van der Waals surface area contributed by atoms with Gasteiger partial charge in [-0.15, -0.1) is 0 Å². The summed E-state index contributed by atoms with van der Waals surface area (Å²) in [6.07, 6.45) is 0.839. The van der Waals surface area contributed by atoms with Crippen LogP contribution in [-0.2, 0) is 4.79 Å². The predicted octanol–water partition coefficient (Wildman–Crippen LogP) is 2.70. The molecule has 1 saturated heterocycles. The van der Waals surface area contributed by atoms with E-state index in [-0.39, 0.29) is 11.8 Å². The highest BCUT2D eigenvalue weighted by atomic mass is 16.5. The summed E-state index contributed by atoms with van der Waals surface area (Å²) in [6, 6.07) is 19.7. The van der Waals surface area contributed by atoms with Crippen LogP contribution in [-0.4, -0.2) is 24.6 Å². The zero-order valence-corrected chi connectivity index (χ0v) is 13.9. The monoisotopic (exact) mass is 324 g/mol. The summed E-state index contributed by atoms with van der Waals surface area (Å²) in [5, 5.41) is 3.43. The lowest BCUT2D eigenvalue weighted by Gasteiger charge is -2.42. The van der Waals surface area contributed by atoms with E-state index in [4.69, 9.17) is 10.5 Å². The first-order chi connectivity index (χ1) is 11.6. The van der Waals surface area contributed by atoms with E-state index in [1.54, 1.807) is 0 Å². The lowest BCUT2D eigenvalue weighted by Crippen LogP contribution is -2.57. The first-order valence-electron chi connectivity index (χ1n) is 8.41. The molecule has 0 aromatic heterocycles. The number of ether oxygens (including phenoxy) is 1. The van der Waals surface area contributed by atoms with Crippen molar-refractivity contribution in [2.24, 2.45) is 11.7 Å². The highest BCUT2D eigenvalue weighted by molar-refractivity contribution is 5.84. The van der Waals surface area contributed by atoms with Gasteiger partial charge in [0.05, 0.1) is 0 Å².